The van der Waals surface area contributed by atoms with Gasteiger partial charge in [0.05, 0.1) is 5.56 Å². The molecule has 0 atom stereocenters. The van der Waals surface area contributed by atoms with Gasteiger partial charge in [0.2, 0.25) is 0 Å². The zero-order chi connectivity index (χ0) is 14.0. The van der Waals surface area contributed by atoms with Crippen LogP contribution in [0.15, 0.2) is 12.1 Å². The minimum Gasteiger partial charge on any atom is -0.507 e. The van der Waals surface area contributed by atoms with Crippen LogP contribution in [0, 0.1) is 13.8 Å². The summed E-state index contributed by atoms with van der Waals surface area (Å²) in [4.78, 5) is 11.3. The fourth-order valence-corrected chi connectivity index (χ4v) is 1.21. The van der Waals surface area contributed by atoms with Gasteiger partial charge >= 0.3 is 0 Å². The number of amides is 1. The van der Waals surface area contributed by atoms with Crippen LogP contribution in [0.25, 0.3) is 0 Å². The molecule has 0 spiro atoms. The van der Waals surface area contributed by atoms with Crippen molar-refractivity contribution in [3.05, 3.63) is 28.8 Å². The van der Waals surface area contributed by atoms with Gasteiger partial charge in [-0.1, -0.05) is 39.8 Å². The third-order valence-corrected chi connectivity index (χ3v) is 2.04. The fourth-order valence-electron chi connectivity index (χ4n) is 1.21. The Morgan fingerprint density at radius 3 is 1.88 bits per heavy atom. The lowest BCUT2D eigenvalue weighted by molar-refractivity contribution is 0.0959. The number of carbonyl (C=O) groups is 1. The lowest BCUT2D eigenvalue weighted by Gasteiger charge is -2.08. The first-order chi connectivity index (χ1) is 8.07. The van der Waals surface area contributed by atoms with Gasteiger partial charge in [0.15, 0.2) is 0 Å². The molecule has 98 valence electrons. The van der Waals surface area contributed by atoms with Gasteiger partial charge in [0.1, 0.15) is 5.75 Å². The van der Waals surface area contributed by atoms with E-state index in [0.717, 1.165) is 5.56 Å². The van der Waals surface area contributed by atoms with Crippen LogP contribution in [-0.2, 0) is 0 Å². The van der Waals surface area contributed by atoms with Crippen LogP contribution in [0.2, 0.25) is 0 Å². The van der Waals surface area contributed by atoms with Crippen molar-refractivity contribution in [3.8, 4) is 5.75 Å². The number of hydrogen-bond donors (Lipinski definition) is 2. The van der Waals surface area contributed by atoms with E-state index in [4.69, 9.17) is 0 Å². The van der Waals surface area contributed by atoms with Crippen molar-refractivity contribution in [1.82, 2.24) is 5.32 Å². The summed E-state index contributed by atoms with van der Waals surface area (Å²) in [5.74, 6) is -0.182. The third-order valence-electron chi connectivity index (χ3n) is 2.04. The second-order valence-corrected chi connectivity index (χ2v) is 3.00. The van der Waals surface area contributed by atoms with Crippen molar-refractivity contribution in [2.75, 3.05) is 7.05 Å². The largest absolute Gasteiger partial charge is 0.507 e. The molecule has 0 aliphatic rings. The summed E-state index contributed by atoms with van der Waals surface area (Å²) in [6, 6.07) is 3.61. The molecule has 3 nitrogen and oxygen atoms in total. The lowest BCUT2D eigenvalue weighted by Crippen LogP contribution is -2.19. The van der Waals surface area contributed by atoms with Gasteiger partial charge in [0.25, 0.3) is 5.91 Å². The average Bonchev–Trinajstić information content (AvgIpc) is 2.39. The highest BCUT2D eigenvalue weighted by molar-refractivity contribution is 5.98. The second kappa shape index (κ2) is 9.70. The Morgan fingerprint density at radius 1 is 1.06 bits per heavy atom. The monoisotopic (exact) mass is 239 g/mol. The predicted octanol–water partition coefficient (Wildman–Crippen LogP) is 3.42. The molecular weight excluding hydrogens is 214 g/mol. The van der Waals surface area contributed by atoms with E-state index in [1.54, 1.807) is 27.0 Å². The molecule has 0 saturated carbocycles. The Bertz CT molecular complexity index is 346. The van der Waals surface area contributed by atoms with E-state index in [-0.39, 0.29) is 11.7 Å². The third kappa shape index (κ3) is 4.89. The number of nitrogens with one attached hydrogen (secondary N) is 1. The lowest BCUT2D eigenvalue weighted by atomic mass is 10.0. The van der Waals surface area contributed by atoms with E-state index >= 15 is 0 Å². The normalized spacial score (nSPS) is 8.18. The van der Waals surface area contributed by atoms with Gasteiger partial charge in [-0.2, -0.15) is 0 Å². The molecule has 0 bridgehead atoms. The molecule has 0 fully saturated rings. The smallest absolute Gasteiger partial charge is 0.255 e. The molecule has 2 N–H and O–H groups in total. The zero-order valence-electron chi connectivity index (χ0n) is 12.0. The van der Waals surface area contributed by atoms with Crippen LogP contribution >= 0.6 is 0 Å². The topological polar surface area (TPSA) is 49.3 Å². The Kier molecular flexibility index (Phi) is 10.2. The van der Waals surface area contributed by atoms with E-state index in [1.165, 1.54) is 0 Å². The summed E-state index contributed by atoms with van der Waals surface area (Å²) in [5, 5.41) is 12.1. The number of rotatable bonds is 1. The summed E-state index contributed by atoms with van der Waals surface area (Å²) in [7, 11) is 1.55. The maximum absolute atomic E-state index is 11.3. The maximum Gasteiger partial charge on any atom is 0.255 e. The maximum atomic E-state index is 11.3. The predicted molar refractivity (Wildman–Crippen MR) is 73.7 cm³/mol. The highest BCUT2D eigenvalue weighted by atomic mass is 16.3. The Balaban J connectivity index is 0. The van der Waals surface area contributed by atoms with Crippen LogP contribution in [0.1, 0.15) is 49.2 Å². The zero-order valence-corrected chi connectivity index (χ0v) is 12.0. The van der Waals surface area contributed by atoms with Crippen molar-refractivity contribution >= 4 is 5.91 Å². The van der Waals surface area contributed by atoms with Gasteiger partial charge in [-0.3, -0.25) is 4.79 Å². The van der Waals surface area contributed by atoms with Crippen LogP contribution in [-0.4, -0.2) is 18.1 Å². The van der Waals surface area contributed by atoms with Crippen molar-refractivity contribution in [3.63, 3.8) is 0 Å². The summed E-state index contributed by atoms with van der Waals surface area (Å²) in [5.41, 5.74) is 1.86. The van der Waals surface area contributed by atoms with Gasteiger partial charge in [0, 0.05) is 7.05 Å². The minimum atomic E-state index is -0.251. The van der Waals surface area contributed by atoms with Gasteiger partial charge < -0.3 is 10.4 Å². The SMILES string of the molecule is CC.CC.CNC(=O)c1c(C)ccc(C)c1O. The van der Waals surface area contributed by atoms with Crippen molar-refractivity contribution in [1.29, 1.82) is 0 Å². The second-order valence-electron chi connectivity index (χ2n) is 3.00. The molecule has 0 unspecified atom stereocenters. The minimum absolute atomic E-state index is 0.0688. The van der Waals surface area contributed by atoms with E-state index in [2.05, 4.69) is 5.32 Å². The van der Waals surface area contributed by atoms with Gasteiger partial charge in [-0.25, -0.2) is 0 Å². The molecule has 1 aromatic rings. The van der Waals surface area contributed by atoms with E-state index in [0.29, 0.717) is 11.1 Å². The van der Waals surface area contributed by atoms with Crippen molar-refractivity contribution in [2.45, 2.75) is 41.5 Å². The van der Waals surface area contributed by atoms with E-state index in [9.17, 15) is 9.90 Å². The number of carbonyl (C=O) groups excluding carboxylic acids is 1. The number of phenolic OH excluding ortho intramolecular Hbond substituents is 1. The molecule has 17 heavy (non-hydrogen) atoms. The molecule has 3 heteroatoms. The molecule has 0 saturated heterocycles. The molecule has 0 aromatic heterocycles. The number of benzene rings is 1. The number of hydrogen-bond acceptors (Lipinski definition) is 2. The molecule has 0 aliphatic heterocycles. The highest BCUT2D eigenvalue weighted by Gasteiger charge is 2.13. The quantitative estimate of drug-likeness (QED) is 0.789. The molecule has 0 radical (unpaired) electrons. The summed E-state index contributed by atoms with van der Waals surface area (Å²) >= 11 is 0. The molecule has 0 heterocycles. The van der Waals surface area contributed by atoms with E-state index < -0.39 is 0 Å². The fraction of sp³-hybridized carbons (Fsp3) is 0.500. The summed E-state index contributed by atoms with van der Waals surface area (Å²) in [6.07, 6.45) is 0. The highest BCUT2D eigenvalue weighted by Crippen LogP contribution is 2.24. The average molecular weight is 239 g/mol. The Morgan fingerprint density at radius 2 is 1.47 bits per heavy atom. The first-order valence-electron chi connectivity index (χ1n) is 6.09. The Hall–Kier alpha value is -1.51. The van der Waals surface area contributed by atoms with Crippen molar-refractivity contribution in [2.24, 2.45) is 0 Å². The van der Waals surface area contributed by atoms with Gasteiger partial charge in [-0.15, -0.1) is 0 Å². The standard InChI is InChI=1S/C10H13NO2.2C2H6/c1-6-4-5-7(2)9(12)8(6)10(13)11-3;2*1-2/h4-5,12H,1-3H3,(H,11,13);2*1-2H3. The first-order valence-corrected chi connectivity index (χ1v) is 6.09. The molecule has 0 aliphatic carbocycles. The molecule has 1 amide bonds. The van der Waals surface area contributed by atoms with Crippen LogP contribution in [0.3, 0.4) is 0 Å². The molecule has 1 rings (SSSR count). The number of aromatic hydroxyl groups is 1. The Labute approximate surface area is 105 Å². The van der Waals surface area contributed by atoms with Gasteiger partial charge in [-0.05, 0) is 25.0 Å². The number of aryl methyl sites for hydroxylation is 2. The summed E-state index contributed by atoms with van der Waals surface area (Å²) < 4.78 is 0. The van der Waals surface area contributed by atoms with Crippen LogP contribution < -0.4 is 5.32 Å². The number of phenols is 1. The van der Waals surface area contributed by atoms with Crippen LogP contribution in [0.5, 0.6) is 5.75 Å². The van der Waals surface area contributed by atoms with E-state index in [1.807, 2.05) is 33.8 Å². The molecule has 1 aromatic carbocycles. The molecular formula is C14H25NO2. The summed E-state index contributed by atoms with van der Waals surface area (Å²) in [6.45, 7) is 11.6. The van der Waals surface area contributed by atoms with Crippen LogP contribution in [0.4, 0.5) is 0 Å². The first kappa shape index (κ1) is 17.9. The van der Waals surface area contributed by atoms with Crippen molar-refractivity contribution < 1.29 is 9.90 Å².